The van der Waals surface area contributed by atoms with E-state index in [1.807, 2.05) is 18.7 Å². The molecule has 0 amide bonds. The van der Waals surface area contributed by atoms with Crippen LogP contribution in [-0.2, 0) is 0 Å². The van der Waals surface area contributed by atoms with E-state index in [0.29, 0.717) is 11.1 Å². The Hall–Kier alpha value is -0.550. The Morgan fingerprint density at radius 3 is 3.08 bits per heavy atom. The fourth-order valence-electron chi connectivity index (χ4n) is 1.34. The first-order valence-electron chi connectivity index (χ1n) is 4.48. The molecule has 0 aromatic carbocycles. The van der Waals surface area contributed by atoms with Crippen molar-refractivity contribution in [2.75, 3.05) is 5.75 Å². The van der Waals surface area contributed by atoms with Gasteiger partial charge in [-0.25, -0.2) is 0 Å². The first-order chi connectivity index (χ1) is 6.27. The minimum absolute atomic E-state index is 0.160. The number of hydrogen-bond acceptors (Lipinski definition) is 5. The summed E-state index contributed by atoms with van der Waals surface area (Å²) in [6.45, 7) is 1.85. The van der Waals surface area contributed by atoms with Gasteiger partial charge in [-0.2, -0.15) is 16.7 Å². The minimum atomic E-state index is -0.160. The van der Waals surface area contributed by atoms with Crippen LogP contribution in [0.3, 0.4) is 0 Å². The van der Waals surface area contributed by atoms with Crippen molar-refractivity contribution in [1.82, 2.24) is 10.1 Å². The van der Waals surface area contributed by atoms with Crippen LogP contribution in [0, 0.1) is 0 Å². The van der Waals surface area contributed by atoms with Crippen LogP contribution < -0.4 is 5.73 Å². The van der Waals surface area contributed by atoms with Gasteiger partial charge in [0.05, 0.1) is 11.3 Å². The molecule has 0 spiro atoms. The molecule has 72 valence electrons. The smallest absolute Gasteiger partial charge is 0.243 e. The van der Waals surface area contributed by atoms with Gasteiger partial charge in [-0.3, -0.25) is 0 Å². The molecule has 1 saturated heterocycles. The monoisotopic (exact) mass is 199 g/mol. The second kappa shape index (κ2) is 3.67. The van der Waals surface area contributed by atoms with Gasteiger partial charge in [-0.05, 0) is 25.5 Å². The van der Waals surface area contributed by atoms with Crippen molar-refractivity contribution in [3.05, 3.63) is 11.7 Å². The predicted octanol–water partition coefficient (Wildman–Crippen LogP) is 1.66. The maximum Gasteiger partial charge on any atom is 0.243 e. The SMILES string of the molecule is C[C@H](N)c1nc(C2CCCS2)no1. The normalized spacial score (nSPS) is 24.9. The van der Waals surface area contributed by atoms with E-state index in [2.05, 4.69) is 10.1 Å². The van der Waals surface area contributed by atoms with E-state index in [1.165, 1.54) is 12.2 Å². The highest BCUT2D eigenvalue weighted by molar-refractivity contribution is 7.99. The highest BCUT2D eigenvalue weighted by atomic mass is 32.2. The van der Waals surface area contributed by atoms with Crippen LogP contribution in [0.1, 0.15) is 42.8 Å². The Labute approximate surface area is 81.3 Å². The maximum absolute atomic E-state index is 5.62. The lowest BCUT2D eigenvalue weighted by Crippen LogP contribution is -2.05. The predicted molar refractivity (Wildman–Crippen MR) is 51.3 cm³/mol. The molecule has 13 heavy (non-hydrogen) atoms. The van der Waals surface area contributed by atoms with E-state index in [-0.39, 0.29) is 6.04 Å². The third kappa shape index (κ3) is 1.86. The van der Waals surface area contributed by atoms with Crippen LogP contribution in [0.4, 0.5) is 0 Å². The lowest BCUT2D eigenvalue weighted by Gasteiger charge is -1.99. The Balaban J connectivity index is 2.12. The van der Waals surface area contributed by atoms with Crippen molar-refractivity contribution < 1.29 is 4.52 Å². The van der Waals surface area contributed by atoms with E-state index in [4.69, 9.17) is 10.3 Å². The lowest BCUT2D eigenvalue weighted by atomic mass is 10.2. The first kappa shape index (κ1) is 9.02. The third-order valence-corrected chi connectivity index (χ3v) is 3.44. The van der Waals surface area contributed by atoms with Crippen molar-refractivity contribution in [2.24, 2.45) is 5.73 Å². The summed E-state index contributed by atoms with van der Waals surface area (Å²) in [4.78, 5) is 4.27. The third-order valence-electron chi connectivity index (χ3n) is 2.06. The number of hydrogen-bond donors (Lipinski definition) is 1. The Bertz CT molecular complexity index is 281. The average Bonchev–Trinajstić information content (AvgIpc) is 2.75. The Morgan fingerprint density at radius 1 is 1.69 bits per heavy atom. The molecule has 1 unspecified atom stereocenters. The minimum Gasteiger partial charge on any atom is -0.338 e. The zero-order valence-electron chi connectivity index (χ0n) is 7.56. The molecular weight excluding hydrogens is 186 g/mol. The van der Waals surface area contributed by atoms with Crippen molar-refractivity contribution in [3.63, 3.8) is 0 Å². The van der Waals surface area contributed by atoms with Crippen LogP contribution in [0.25, 0.3) is 0 Å². The van der Waals surface area contributed by atoms with Gasteiger partial charge in [-0.15, -0.1) is 0 Å². The van der Waals surface area contributed by atoms with Crippen LogP contribution in [0.15, 0.2) is 4.52 Å². The molecule has 2 rings (SSSR count). The summed E-state index contributed by atoms with van der Waals surface area (Å²) in [5.74, 6) is 2.56. The molecule has 5 heteroatoms. The summed E-state index contributed by atoms with van der Waals surface area (Å²) >= 11 is 1.89. The standard InChI is InChI=1S/C8H13N3OS/c1-5(9)8-10-7(11-12-8)6-3-2-4-13-6/h5-6H,2-4,9H2,1H3/t5-,6?/m0/s1. The van der Waals surface area contributed by atoms with Gasteiger partial charge in [0.1, 0.15) is 0 Å². The van der Waals surface area contributed by atoms with Crippen molar-refractivity contribution in [1.29, 1.82) is 0 Å². The summed E-state index contributed by atoms with van der Waals surface area (Å²) in [6, 6.07) is -0.160. The Kier molecular flexibility index (Phi) is 2.55. The molecule has 1 fully saturated rings. The summed E-state index contributed by atoms with van der Waals surface area (Å²) in [5.41, 5.74) is 5.62. The van der Waals surface area contributed by atoms with Gasteiger partial charge in [-0.1, -0.05) is 5.16 Å². The van der Waals surface area contributed by atoms with E-state index < -0.39 is 0 Å². The molecule has 1 aromatic rings. The molecule has 2 heterocycles. The fourth-order valence-corrected chi connectivity index (χ4v) is 2.54. The zero-order chi connectivity index (χ0) is 9.26. The average molecular weight is 199 g/mol. The molecule has 2 atom stereocenters. The van der Waals surface area contributed by atoms with Crippen molar-refractivity contribution in [2.45, 2.75) is 31.1 Å². The van der Waals surface area contributed by atoms with Crippen LogP contribution >= 0.6 is 11.8 Å². The van der Waals surface area contributed by atoms with Crippen molar-refractivity contribution in [3.8, 4) is 0 Å². The zero-order valence-corrected chi connectivity index (χ0v) is 8.38. The van der Waals surface area contributed by atoms with Gasteiger partial charge in [0.2, 0.25) is 5.89 Å². The van der Waals surface area contributed by atoms with Crippen LogP contribution in [0.5, 0.6) is 0 Å². The maximum atomic E-state index is 5.62. The number of thioether (sulfide) groups is 1. The topological polar surface area (TPSA) is 64.9 Å². The number of nitrogens with two attached hydrogens (primary N) is 1. The first-order valence-corrected chi connectivity index (χ1v) is 5.53. The molecule has 0 bridgehead atoms. The Morgan fingerprint density at radius 2 is 2.54 bits per heavy atom. The number of nitrogens with zero attached hydrogens (tertiary/aromatic N) is 2. The molecule has 0 aliphatic carbocycles. The molecule has 4 nitrogen and oxygen atoms in total. The molecule has 0 radical (unpaired) electrons. The molecule has 1 aromatic heterocycles. The van der Waals surface area contributed by atoms with E-state index in [0.717, 1.165) is 12.2 Å². The summed E-state index contributed by atoms with van der Waals surface area (Å²) < 4.78 is 5.04. The molecule has 1 aliphatic rings. The van der Waals surface area contributed by atoms with Gasteiger partial charge in [0.15, 0.2) is 5.82 Å². The van der Waals surface area contributed by atoms with Crippen LogP contribution in [0.2, 0.25) is 0 Å². The number of aromatic nitrogens is 2. The van der Waals surface area contributed by atoms with Gasteiger partial charge in [0.25, 0.3) is 0 Å². The second-order valence-electron chi connectivity index (χ2n) is 3.28. The number of rotatable bonds is 2. The highest BCUT2D eigenvalue weighted by Crippen LogP contribution is 2.38. The molecule has 2 N–H and O–H groups in total. The molecule has 0 saturated carbocycles. The summed E-state index contributed by atoms with van der Waals surface area (Å²) in [7, 11) is 0. The van der Waals surface area contributed by atoms with E-state index in [1.54, 1.807) is 0 Å². The van der Waals surface area contributed by atoms with E-state index >= 15 is 0 Å². The van der Waals surface area contributed by atoms with Crippen molar-refractivity contribution >= 4 is 11.8 Å². The second-order valence-corrected chi connectivity index (χ2v) is 4.59. The molecule has 1 aliphatic heterocycles. The van der Waals surface area contributed by atoms with E-state index in [9.17, 15) is 0 Å². The highest BCUT2D eigenvalue weighted by Gasteiger charge is 2.23. The summed E-state index contributed by atoms with van der Waals surface area (Å²) in [6.07, 6.45) is 2.40. The van der Waals surface area contributed by atoms with Gasteiger partial charge >= 0.3 is 0 Å². The quantitative estimate of drug-likeness (QED) is 0.784. The molecular formula is C8H13N3OS. The largest absolute Gasteiger partial charge is 0.338 e. The van der Waals surface area contributed by atoms with Gasteiger partial charge < -0.3 is 10.3 Å². The van der Waals surface area contributed by atoms with Gasteiger partial charge in [0, 0.05) is 0 Å². The van der Waals surface area contributed by atoms with Crippen LogP contribution in [-0.4, -0.2) is 15.9 Å². The fraction of sp³-hybridized carbons (Fsp3) is 0.750. The summed E-state index contributed by atoms with van der Waals surface area (Å²) in [5, 5.41) is 4.36. The lowest BCUT2D eigenvalue weighted by molar-refractivity contribution is 0.357.